The molecule has 1 aliphatic rings. The number of methoxy groups -OCH3 is 1. The fraction of sp³-hybridized carbons (Fsp3) is 0.357. The summed E-state index contributed by atoms with van der Waals surface area (Å²) < 4.78 is 12.1. The SMILES string of the molecule is COC(=O)c1ccn2c(-c3ccc4cccc(N5CCC(NC(=O)OC(C)(C)C)CC5)c4n3)cnc2c1. The Labute approximate surface area is 215 Å². The number of rotatable bonds is 4. The van der Waals surface area contributed by atoms with E-state index in [2.05, 4.69) is 33.4 Å². The van der Waals surface area contributed by atoms with Crippen LogP contribution in [-0.4, -0.2) is 58.3 Å². The molecule has 5 rings (SSSR count). The van der Waals surface area contributed by atoms with E-state index < -0.39 is 11.6 Å². The first kappa shape index (κ1) is 24.5. The van der Waals surface area contributed by atoms with Crippen molar-refractivity contribution in [2.75, 3.05) is 25.1 Å². The van der Waals surface area contributed by atoms with Crippen molar-refractivity contribution in [1.82, 2.24) is 19.7 Å². The molecule has 1 saturated heterocycles. The Morgan fingerprint density at radius 2 is 1.86 bits per heavy atom. The van der Waals surface area contributed by atoms with Crippen LogP contribution in [0.3, 0.4) is 0 Å². The zero-order valence-electron chi connectivity index (χ0n) is 21.5. The van der Waals surface area contributed by atoms with Crippen LogP contribution >= 0.6 is 0 Å². The number of hydrogen-bond acceptors (Lipinski definition) is 7. The average Bonchev–Trinajstić information content (AvgIpc) is 3.30. The number of carbonyl (C=O) groups is 2. The summed E-state index contributed by atoms with van der Waals surface area (Å²) in [6.45, 7) is 7.20. The third-order valence-electron chi connectivity index (χ3n) is 6.45. The van der Waals surface area contributed by atoms with Gasteiger partial charge in [0.2, 0.25) is 0 Å². The van der Waals surface area contributed by atoms with Gasteiger partial charge >= 0.3 is 12.1 Å². The lowest BCUT2D eigenvalue weighted by molar-refractivity contribution is 0.0496. The van der Waals surface area contributed by atoms with E-state index in [-0.39, 0.29) is 12.1 Å². The summed E-state index contributed by atoms with van der Waals surface area (Å²) in [6, 6.07) is 13.8. The first-order chi connectivity index (χ1) is 17.7. The number of pyridine rings is 2. The molecular weight excluding hydrogens is 470 g/mol. The van der Waals surface area contributed by atoms with Crippen LogP contribution in [0.4, 0.5) is 10.5 Å². The second kappa shape index (κ2) is 9.72. The molecule has 4 heterocycles. The highest BCUT2D eigenvalue weighted by molar-refractivity contribution is 5.93. The number of esters is 1. The average molecular weight is 502 g/mol. The summed E-state index contributed by atoms with van der Waals surface area (Å²) >= 11 is 0. The number of piperidine rings is 1. The van der Waals surface area contributed by atoms with Crippen molar-refractivity contribution in [3.8, 4) is 11.4 Å². The number of fused-ring (bicyclic) bond motifs is 2. The van der Waals surface area contributed by atoms with Crippen molar-refractivity contribution in [2.24, 2.45) is 0 Å². The largest absolute Gasteiger partial charge is 0.465 e. The van der Waals surface area contributed by atoms with E-state index >= 15 is 0 Å². The summed E-state index contributed by atoms with van der Waals surface area (Å²) in [7, 11) is 1.36. The van der Waals surface area contributed by atoms with E-state index in [1.54, 1.807) is 18.3 Å². The molecule has 1 amide bonds. The maximum absolute atomic E-state index is 12.2. The molecule has 3 aromatic heterocycles. The Balaban J connectivity index is 1.38. The second-order valence-corrected chi connectivity index (χ2v) is 10.2. The number of hydrogen-bond donors (Lipinski definition) is 1. The molecule has 4 aromatic rings. The second-order valence-electron chi connectivity index (χ2n) is 10.2. The summed E-state index contributed by atoms with van der Waals surface area (Å²) in [5, 5.41) is 4.05. The Hall–Kier alpha value is -4.14. The van der Waals surface area contributed by atoms with Crippen LogP contribution in [0.25, 0.3) is 27.9 Å². The van der Waals surface area contributed by atoms with Gasteiger partial charge in [-0.25, -0.2) is 19.6 Å². The number of para-hydroxylation sites is 1. The van der Waals surface area contributed by atoms with Gasteiger partial charge in [-0.1, -0.05) is 18.2 Å². The summed E-state index contributed by atoms with van der Waals surface area (Å²) in [5.74, 6) is -0.398. The lowest BCUT2D eigenvalue weighted by Gasteiger charge is -2.34. The first-order valence-electron chi connectivity index (χ1n) is 12.4. The molecule has 0 bridgehead atoms. The molecule has 1 N–H and O–H groups in total. The van der Waals surface area contributed by atoms with Crippen LogP contribution < -0.4 is 10.2 Å². The third kappa shape index (κ3) is 5.21. The van der Waals surface area contributed by atoms with E-state index in [1.807, 2.05) is 43.5 Å². The molecule has 1 aromatic carbocycles. The number of benzene rings is 1. The van der Waals surface area contributed by atoms with Gasteiger partial charge in [-0.2, -0.15) is 0 Å². The Morgan fingerprint density at radius 3 is 2.59 bits per heavy atom. The summed E-state index contributed by atoms with van der Waals surface area (Å²) in [6.07, 6.45) is 4.86. The molecule has 1 aliphatic heterocycles. The molecular formula is C28H31N5O4. The van der Waals surface area contributed by atoms with E-state index in [0.717, 1.165) is 53.9 Å². The molecule has 0 spiro atoms. The molecule has 37 heavy (non-hydrogen) atoms. The zero-order chi connectivity index (χ0) is 26.2. The molecule has 0 atom stereocenters. The number of alkyl carbamates (subject to hydrolysis) is 1. The van der Waals surface area contributed by atoms with Crippen LogP contribution in [0.1, 0.15) is 44.0 Å². The number of imidazole rings is 1. The standard InChI is InChI=1S/C28H31N5O4/c1-28(2,3)37-27(35)30-20-11-13-32(14-12-20)22-7-5-6-18-8-9-21(31-25(18)22)23-17-29-24-16-19(26(34)36-4)10-15-33(23)24/h5-10,15-17,20H,11-14H2,1-4H3,(H,30,35). The molecule has 0 radical (unpaired) electrons. The minimum absolute atomic E-state index is 0.0811. The lowest BCUT2D eigenvalue weighted by Crippen LogP contribution is -2.46. The maximum Gasteiger partial charge on any atom is 0.407 e. The van der Waals surface area contributed by atoms with Gasteiger partial charge in [0.1, 0.15) is 11.2 Å². The summed E-state index contributed by atoms with van der Waals surface area (Å²) in [4.78, 5) is 35.9. The number of nitrogens with zero attached hydrogens (tertiary/aromatic N) is 4. The Kier molecular flexibility index (Phi) is 6.45. The van der Waals surface area contributed by atoms with Gasteiger partial charge in [-0.05, 0) is 57.9 Å². The van der Waals surface area contributed by atoms with Crippen molar-refractivity contribution in [3.05, 3.63) is 60.4 Å². The van der Waals surface area contributed by atoms with Crippen LogP contribution in [0.15, 0.2) is 54.9 Å². The van der Waals surface area contributed by atoms with Crippen molar-refractivity contribution >= 4 is 34.3 Å². The van der Waals surface area contributed by atoms with Crippen molar-refractivity contribution in [2.45, 2.75) is 45.3 Å². The minimum Gasteiger partial charge on any atom is -0.465 e. The molecule has 9 heteroatoms. The van der Waals surface area contributed by atoms with Gasteiger partial charge in [0, 0.05) is 30.7 Å². The van der Waals surface area contributed by atoms with Crippen LogP contribution in [0, 0.1) is 0 Å². The quantitative estimate of drug-likeness (QED) is 0.400. The van der Waals surface area contributed by atoms with Crippen LogP contribution in [0.2, 0.25) is 0 Å². The molecule has 0 saturated carbocycles. The summed E-state index contributed by atoms with van der Waals surface area (Å²) in [5.41, 5.74) is 4.19. The normalized spacial score (nSPS) is 14.6. The van der Waals surface area contributed by atoms with E-state index in [4.69, 9.17) is 14.5 Å². The predicted octanol–water partition coefficient (Wildman–Crippen LogP) is 4.83. The highest BCUT2D eigenvalue weighted by Gasteiger charge is 2.25. The number of nitrogens with one attached hydrogen (secondary N) is 1. The van der Waals surface area contributed by atoms with Crippen molar-refractivity contribution < 1.29 is 19.1 Å². The lowest BCUT2D eigenvalue weighted by atomic mass is 10.0. The number of anilines is 1. The monoisotopic (exact) mass is 501 g/mol. The molecule has 9 nitrogen and oxygen atoms in total. The van der Waals surface area contributed by atoms with Gasteiger partial charge < -0.3 is 19.7 Å². The fourth-order valence-electron chi connectivity index (χ4n) is 4.68. The first-order valence-corrected chi connectivity index (χ1v) is 12.4. The topological polar surface area (TPSA) is 98.1 Å². The zero-order valence-corrected chi connectivity index (χ0v) is 21.5. The molecule has 0 unspecified atom stereocenters. The van der Waals surface area contributed by atoms with Crippen LogP contribution in [-0.2, 0) is 9.47 Å². The molecule has 1 fully saturated rings. The van der Waals surface area contributed by atoms with Crippen molar-refractivity contribution in [1.29, 1.82) is 0 Å². The smallest absolute Gasteiger partial charge is 0.407 e. The Morgan fingerprint density at radius 1 is 1.08 bits per heavy atom. The van der Waals surface area contributed by atoms with E-state index in [0.29, 0.717) is 11.2 Å². The fourth-order valence-corrected chi connectivity index (χ4v) is 4.68. The highest BCUT2D eigenvalue weighted by Crippen LogP contribution is 2.30. The number of amides is 1. The van der Waals surface area contributed by atoms with Crippen molar-refractivity contribution in [3.63, 3.8) is 0 Å². The van der Waals surface area contributed by atoms with Gasteiger partial charge in [0.15, 0.2) is 0 Å². The highest BCUT2D eigenvalue weighted by atomic mass is 16.6. The maximum atomic E-state index is 12.2. The Bertz CT molecular complexity index is 1460. The van der Waals surface area contributed by atoms with Gasteiger partial charge in [0.25, 0.3) is 0 Å². The number of carbonyl (C=O) groups excluding carboxylic acids is 2. The third-order valence-corrected chi connectivity index (χ3v) is 6.45. The van der Waals surface area contributed by atoms with Gasteiger partial charge in [0.05, 0.1) is 41.5 Å². The predicted molar refractivity (Wildman–Crippen MR) is 142 cm³/mol. The van der Waals surface area contributed by atoms with E-state index in [9.17, 15) is 9.59 Å². The number of ether oxygens (including phenoxy) is 2. The molecule has 0 aliphatic carbocycles. The van der Waals surface area contributed by atoms with E-state index in [1.165, 1.54) is 7.11 Å². The van der Waals surface area contributed by atoms with Gasteiger partial charge in [-0.3, -0.25) is 4.40 Å². The minimum atomic E-state index is -0.512. The van der Waals surface area contributed by atoms with Crippen LogP contribution in [0.5, 0.6) is 0 Å². The number of aromatic nitrogens is 3. The molecule has 192 valence electrons. The van der Waals surface area contributed by atoms with Gasteiger partial charge in [-0.15, -0.1) is 0 Å².